The number of hydrogen-bond acceptors (Lipinski definition) is 5. The number of thioether (sulfide) groups is 1. The third-order valence-corrected chi connectivity index (χ3v) is 5.16. The maximum atomic E-state index is 12.7. The van der Waals surface area contributed by atoms with E-state index in [0.717, 1.165) is 12.2 Å². The van der Waals surface area contributed by atoms with Crippen molar-refractivity contribution in [1.82, 2.24) is 4.90 Å². The summed E-state index contributed by atoms with van der Waals surface area (Å²) in [5.74, 6) is 1.20. The van der Waals surface area contributed by atoms with Crippen molar-refractivity contribution in [3.8, 4) is 0 Å². The van der Waals surface area contributed by atoms with Crippen molar-refractivity contribution in [2.75, 3.05) is 18.8 Å². The zero-order valence-corrected chi connectivity index (χ0v) is 16.0. The first-order chi connectivity index (χ1) is 11.8. The standard InChI is InChI=1S/C18H26N2O4S/c1-12(2)7-8-25-17-6-5-15(9-16(17)20(22)23)18(21)19-10-13(3)24-14(4)11-19/h5-6,9,12-14H,7-8,10-11H2,1-4H3. The van der Waals surface area contributed by atoms with Crippen LogP contribution >= 0.6 is 11.8 Å². The maximum Gasteiger partial charge on any atom is 0.283 e. The van der Waals surface area contributed by atoms with E-state index in [9.17, 15) is 14.9 Å². The number of nitro benzene ring substituents is 1. The Labute approximate surface area is 153 Å². The minimum atomic E-state index is -0.404. The lowest BCUT2D eigenvalue weighted by molar-refractivity contribution is -0.387. The topological polar surface area (TPSA) is 72.7 Å². The fourth-order valence-corrected chi connectivity index (χ4v) is 4.10. The van der Waals surface area contributed by atoms with E-state index in [-0.39, 0.29) is 23.8 Å². The summed E-state index contributed by atoms with van der Waals surface area (Å²) in [6.07, 6.45) is 0.925. The molecule has 1 fully saturated rings. The highest BCUT2D eigenvalue weighted by atomic mass is 32.2. The first kappa shape index (κ1) is 19.7. The van der Waals surface area contributed by atoms with Crippen LogP contribution in [-0.2, 0) is 4.74 Å². The molecule has 2 atom stereocenters. The van der Waals surface area contributed by atoms with E-state index in [2.05, 4.69) is 13.8 Å². The van der Waals surface area contributed by atoms with E-state index in [1.807, 2.05) is 13.8 Å². The van der Waals surface area contributed by atoms with Gasteiger partial charge in [-0.1, -0.05) is 13.8 Å². The Morgan fingerprint density at radius 3 is 2.56 bits per heavy atom. The van der Waals surface area contributed by atoms with Crippen molar-refractivity contribution in [3.05, 3.63) is 33.9 Å². The van der Waals surface area contributed by atoms with E-state index in [0.29, 0.717) is 29.5 Å². The van der Waals surface area contributed by atoms with Gasteiger partial charge in [-0.05, 0) is 44.1 Å². The Hall–Kier alpha value is -1.60. The van der Waals surface area contributed by atoms with Gasteiger partial charge in [0.1, 0.15) is 0 Å². The Morgan fingerprint density at radius 1 is 1.36 bits per heavy atom. The molecule has 1 aromatic carbocycles. The molecule has 2 unspecified atom stereocenters. The highest BCUT2D eigenvalue weighted by Crippen LogP contribution is 2.31. The minimum absolute atomic E-state index is 0.00830. The Balaban J connectivity index is 2.17. The molecule has 0 spiro atoms. The van der Waals surface area contributed by atoms with Gasteiger partial charge in [0, 0.05) is 24.7 Å². The lowest BCUT2D eigenvalue weighted by atomic mass is 10.1. The predicted octanol–water partition coefficient (Wildman–Crippen LogP) is 3.98. The molecule has 0 aliphatic carbocycles. The van der Waals surface area contributed by atoms with Crippen LogP contribution in [0.3, 0.4) is 0 Å². The second-order valence-electron chi connectivity index (χ2n) is 6.94. The molecule has 0 saturated carbocycles. The van der Waals surface area contributed by atoms with Crippen LogP contribution in [0.2, 0.25) is 0 Å². The van der Waals surface area contributed by atoms with E-state index < -0.39 is 4.92 Å². The Morgan fingerprint density at radius 2 is 2.00 bits per heavy atom. The molecule has 1 aromatic rings. The van der Waals surface area contributed by atoms with Gasteiger partial charge in [-0.2, -0.15) is 0 Å². The van der Waals surface area contributed by atoms with Crippen molar-refractivity contribution >= 4 is 23.4 Å². The molecular formula is C18H26N2O4S. The van der Waals surface area contributed by atoms with Gasteiger partial charge in [0.25, 0.3) is 11.6 Å². The number of benzene rings is 1. The van der Waals surface area contributed by atoms with Crippen LogP contribution in [0.1, 0.15) is 44.5 Å². The van der Waals surface area contributed by atoms with Gasteiger partial charge in [0.2, 0.25) is 0 Å². The van der Waals surface area contributed by atoms with E-state index in [1.165, 1.54) is 17.8 Å². The summed E-state index contributed by atoms with van der Waals surface area (Å²) in [6.45, 7) is 9.10. The van der Waals surface area contributed by atoms with E-state index >= 15 is 0 Å². The molecule has 1 aliphatic rings. The zero-order chi connectivity index (χ0) is 18.6. The second-order valence-corrected chi connectivity index (χ2v) is 8.07. The van der Waals surface area contributed by atoms with E-state index in [4.69, 9.17) is 4.74 Å². The maximum absolute atomic E-state index is 12.7. The molecule has 1 heterocycles. The molecule has 0 bridgehead atoms. The van der Waals surface area contributed by atoms with Crippen LogP contribution in [0.15, 0.2) is 23.1 Å². The monoisotopic (exact) mass is 366 g/mol. The first-order valence-electron chi connectivity index (χ1n) is 8.64. The third-order valence-electron chi connectivity index (χ3n) is 4.06. The number of hydrogen-bond donors (Lipinski definition) is 0. The van der Waals surface area contributed by atoms with Crippen LogP contribution < -0.4 is 0 Å². The van der Waals surface area contributed by atoms with Crippen LogP contribution in [0.4, 0.5) is 5.69 Å². The van der Waals surface area contributed by atoms with Crippen LogP contribution in [0, 0.1) is 16.0 Å². The lowest BCUT2D eigenvalue weighted by Crippen LogP contribution is -2.48. The van der Waals surface area contributed by atoms with Gasteiger partial charge in [-0.3, -0.25) is 14.9 Å². The number of rotatable bonds is 6. The Kier molecular flexibility index (Phi) is 6.84. The SMILES string of the molecule is CC(C)CCSc1ccc(C(=O)N2CC(C)OC(C)C2)cc1[N+](=O)[O-]. The van der Waals surface area contributed by atoms with Gasteiger partial charge < -0.3 is 9.64 Å². The number of amides is 1. The number of nitro groups is 1. The molecule has 1 aliphatic heterocycles. The highest BCUT2D eigenvalue weighted by Gasteiger charge is 2.28. The Bertz CT molecular complexity index is 626. The summed E-state index contributed by atoms with van der Waals surface area (Å²) >= 11 is 1.47. The number of morpholine rings is 1. The molecule has 0 radical (unpaired) electrons. The molecule has 7 heteroatoms. The van der Waals surface area contributed by atoms with Crippen molar-refractivity contribution in [1.29, 1.82) is 0 Å². The summed E-state index contributed by atoms with van der Waals surface area (Å²) in [5.41, 5.74) is 0.371. The minimum Gasteiger partial charge on any atom is -0.372 e. The van der Waals surface area contributed by atoms with Crippen molar-refractivity contribution in [2.45, 2.75) is 51.2 Å². The number of carbonyl (C=O) groups excluding carboxylic acids is 1. The molecule has 2 rings (SSSR count). The summed E-state index contributed by atoms with van der Waals surface area (Å²) < 4.78 is 5.64. The molecule has 1 amide bonds. The van der Waals surface area contributed by atoms with Gasteiger partial charge in [-0.25, -0.2) is 0 Å². The van der Waals surface area contributed by atoms with Gasteiger partial charge in [0.15, 0.2) is 0 Å². The van der Waals surface area contributed by atoms with Gasteiger partial charge in [0.05, 0.1) is 22.0 Å². The van der Waals surface area contributed by atoms with Crippen molar-refractivity contribution < 1.29 is 14.5 Å². The van der Waals surface area contributed by atoms with Crippen LogP contribution in [-0.4, -0.2) is 46.8 Å². The van der Waals surface area contributed by atoms with Crippen molar-refractivity contribution in [3.63, 3.8) is 0 Å². The third kappa shape index (κ3) is 5.44. The average molecular weight is 366 g/mol. The van der Waals surface area contributed by atoms with E-state index in [1.54, 1.807) is 17.0 Å². The molecule has 25 heavy (non-hydrogen) atoms. The largest absolute Gasteiger partial charge is 0.372 e. The molecule has 1 saturated heterocycles. The molecule has 0 N–H and O–H groups in total. The summed E-state index contributed by atoms with van der Waals surface area (Å²) in [6, 6.07) is 4.80. The quantitative estimate of drug-likeness (QED) is 0.432. The average Bonchev–Trinajstić information content (AvgIpc) is 2.53. The summed E-state index contributed by atoms with van der Waals surface area (Å²) in [7, 11) is 0. The fraction of sp³-hybridized carbons (Fsp3) is 0.611. The second kappa shape index (κ2) is 8.67. The summed E-state index contributed by atoms with van der Waals surface area (Å²) in [4.78, 5) is 26.1. The highest BCUT2D eigenvalue weighted by molar-refractivity contribution is 7.99. The van der Waals surface area contributed by atoms with Crippen LogP contribution in [0.5, 0.6) is 0 Å². The molecular weight excluding hydrogens is 340 g/mol. The number of ether oxygens (including phenoxy) is 1. The smallest absolute Gasteiger partial charge is 0.283 e. The zero-order valence-electron chi connectivity index (χ0n) is 15.2. The predicted molar refractivity (Wildman–Crippen MR) is 99.2 cm³/mol. The molecule has 6 nitrogen and oxygen atoms in total. The normalized spacial score (nSPS) is 20.8. The number of carbonyl (C=O) groups is 1. The van der Waals surface area contributed by atoms with Crippen LogP contribution in [0.25, 0.3) is 0 Å². The molecule has 0 aromatic heterocycles. The molecule has 138 valence electrons. The van der Waals surface area contributed by atoms with Crippen molar-refractivity contribution in [2.24, 2.45) is 5.92 Å². The first-order valence-corrected chi connectivity index (χ1v) is 9.62. The fourth-order valence-electron chi connectivity index (χ4n) is 2.85. The summed E-state index contributed by atoms with van der Waals surface area (Å²) in [5, 5.41) is 11.4. The van der Waals surface area contributed by atoms with Gasteiger partial charge in [-0.15, -0.1) is 11.8 Å². The lowest BCUT2D eigenvalue weighted by Gasteiger charge is -2.35. The number of nitrogens with zero attached hydrogens (tertiary/aromatic N) is 2. The van der Waals surface area contributed by atoms with Gasteiger partial charge >= 0.3 is 0 Å².